The monoisotopic (exact) mass is 704 g/mol. The first-order valence-electron chi connectivity index (χ1n) is 12.8. The third-order valence-electron chi connectivity index (χ3n) is 5.92. The van der Waals surface area contributed by atoms with Crippen LogP contribution in [-0.4, -0.2) is 36.0 Å². The molecular weight excluding hydrogens is 680 g/mol. The molecule has 1 saturated heterocycles. The lowest BCUT2D eigenvalue weighted by Crippen LogP contribution is -2.53. The molecule has 8 nitrogen and oxygen atoms in total. The summed E-state index contributed by atoms with van der Waals surface area (Å²) >= 11 is 13.0. The molecule has 0 bridgehead atoms. The van der Waals surface area contributed by atoms with E-state index in [9.17, 15) is 14.4 Å². The van der Waals surface area contributed by atoms with Crippen LogP contribution >= 0.6 is 43.5 Å². The van der Waals surface area contributed by atoms with Crippen LogP contribution in [0, 0.1) is 0 Å². The average Bonchev–Trinajstić information content (AvgIpc) is 2.93. The zero-order chi connectivity index (χ0) is 29.5. The van der Waals surface area contributed by atoms with Gasteiger partial charge in [0.1, 0.15) is 17.9 Å². The Labute approximate surface area is 259 Å². The molecule has 11 heteroatoms. The van der Waals surface area contributed by atoms with E-state index >= 15 is 0 Å². The number of urea groups is 1. The predicted molar refractivity (Wildman–Crippen MR) is 163 cm³/mol. The van der Waals surface area contributed by atoms with Crippen molar-refractivity contribution in [3.05, 3.63) is 90.8 Å². The van der Waals surface area contributed by atoms with Gasteiger partial charge in [-0.05, 0) is 104 Å². The van der Waals surface area contributed by atoms with E-state index in [4.69, 9.17) is 25.8 Å². The summed E-state index contributed by atoms with van der Waals surface area (Å²) in [4.78, 5) is 39.7. The summed E-state index contributed by atoms with van der Waals surface area (Å²) in [5.74, 6) is 0.167. The first kappa shape index (κ1) is 30.6. The highest BCUT2D eigenvalue weighted by Crippen LogP contribution is 2.36. The first-order chi connectivity index (χ1) is 19.7. The molecular formula is C30H27Br2ClN2O6. The molecule has 0 radical (unpaired) electrons. The van der Waals surface area contributed by atoms with Crippen molar-refractivity contribution < 1.29 is 28.6 Å². The second-order valence-electron chi connectivity index (χ2n) is 9.00. The maximum atomic E-state index is 13.4. The minimum absolute atomic E-state index is 0.0612. The van der Waals surface area contributed by atoms with Crippen LogP contribution in [0.1, 0.15) is 37.0 Å². The Bertz CT molecular complexity index is 1470. The van der Waals surface area contributed by atoms with Gasteiger partial charge in [0.15, 0.2) is 11.5 Å². The molecule has 0 aromatic heterocycles. The van der Waals surface area contributed by atoms with Gasteiger partial charge in [-0.15, -0.1) is 0 Å². The molecule has 3 aromatic rings. The second-order valence-corrected chi connectivity index (χ2v) is 11.1. The lowest BCUT2D eigenvalue weighted by Gasteiger charge is -2.26. The Balaban J connectivity index is 1.54. The highest BCUT2D eigenvalue weighted by Gasteiger charge is 2.36. The molecule has 1 aliphatic rings. The standard InChI is InChI=1S/C30H27Br2ClN2O6/c1-3-11-40-25-10-7-19(15-26(25)39-4-2)16-35-29(37)22(28(36)34-30(35)38)12-20-13-23(31)27(24(32)14-20)41-17-18-5-8-21(33)9-6-18/h5-10,12-15H,3-4,11,16-17H2,1-2H3,(H,34,36,38)/b22-12+. The Kier molecular flexibility index (Phi) is 10.5. The number of carbonyl (C=O) groups is 3. The fourth-order valence-corrected chi connectivity index (χ4v) is 5.55. The molecule has 0 atom stereocenters. The molecule has 0 aliphatic carbocycles. The third kappa shape index (κ3) is 7.69. The van der Waals surface area contributed by atoms with Gasteiger partial charge in [0.2, 0.25) is 0 Å². The number of hydrogen-bond donors (Lipinski definition) is 1. The van der Waals surface area contributed by atoms with Crippen LogP contribution in [-0.2, 0) is 22.7 Å². The lowest BCUT2D eigenvalue weighted by molar-refractivity contribution is -0.130. The number of ether oxygens (including phenoxy) is 3. The zero-order valence-corrected chi connectivity index (χ0v) is 26.3. The Morgan fingerprint density at radius 1 is 0.878 bits per heavy atom. The van der Waals surface area contributed by atoms with Crippen molar-refractivity contribution >= 4 is 67.4 Å². The van der Waals surface area contributed by atoms with E-state index in [-0.39, 0.29) is 12.1 Å². The number of carbonyl (C=O) groups excluding carboxylic acids is 3. The lowest BCUT2D eigenvalue weighted by atomic mass is 10.1. The van der Waals surface area contributed by atoms with Crippen LogP contribution in [0.15, 0.2) is 69.1 Å². The van der Waals surface area contributed by atoms with Crippen LogP contribution in [0.4, 0.5) is 4.79 Å². The quantitative estimate of drug-likeness (QED) is 0.166. The highest BCUT2D eigenvalue weighted by molar-refractivity contribution is 9.11. The number of nitrogens with zero attached hydrogens (tertiary/aromatic N) is 1. The fourth-order valence-electron chi connectivity index (χ4n) is 3.97. The fraction of sp³-hybridized carbons (Fsp3) is 0.233. The summed E-state index contributed by atoms with van der Waals surface area (Å²) < 4.78 is 18.6. The van der Waals surface area contributed by atoms with Crippen molar-refractivity contribution in [2.24, 2.45) is 0 Å². The molecule has 3 aromatic carbocycles. The van der Waals surface area contributed by atoms with Crippen LogP contribution in [0.25, 0.3) is 6.08 Å². The number of rotatable bonds is 11. The molecule has 214 valence electrons. The van der Waals surface area contributed by atoms with Gasteiger partial charge in [-0.3, -0.25) is 19.8 Å². The van der Waals surface area contributed by atoms with E-state index in [2.05, 4.69) is 37.2 Å². The van der Waals surface area contributed by atoms with Crippen LogP contribution in [0.5, 0.6) is 17.2 Å². The molecule has 41 heavy (non-hydrogen) atoms. The van der Waals surface area contributed by atoms with Crippen molar-refractivity contribution in [2.45, 2.75) is 33.4 Å². The smallest absolute Gasteiger partial charge is 0.331 e. The van der Waals surface area contributed by atoms with Crippen molar-refractivity contribution in [2.75, 3.05) is 13.2 Å². The van der Waals surface area contributed by atoms with E-state index < -0.39 is 17.8 Å². The summed E-state index contributed by atoms with van der Waals surface area (Å²) in [5, 5.41) is 2.90. The van der Waals surface area contributed by atoms with E-state index in [0.29, 0.717) is 62.2 Å². The predicted octanol–water partition coefficient (Wildman–Crippen LogP) is 7.29. The van der Waals surface area contributed by atoms with Gasteiger partial charge < -0.3 is 14.2 Å². The maximum absolute atomic E-state index is 13.4. The zero-order valence-electron chi connectivity index (χ0n) is 22.3. The first-order valence-corrected chi connectivity index (χ1v) is 14.8. The second kappa shape index (κ2) is 14.0. The Morgan fingerprint density at radius 2 is 1.56 bits per heavy atom. The number of barbiturate groups is 1. The number of benzene rings is 3. The van der Waals surface area contributed by atoms with Crippen molar-refractivity contribution in [1.29, 1.82) is 0 Å². The number of hydrogen-bond acceptors (Lipinski definition) is 6. The molecule has 4 amide bonds. The minimum atomic E-state index is -0.797. The van der Waals surface area contributed by atoms with E-state index in [1.165, 1.54) is 6.08 Å². The summed E-state index contributed by atoms with van der Waals surface area (Å²) in [7, 11) is 0. The van der Waals surface area contributed by atoms with Gasteiger partial charge in [-0.25, -0.2) is 4.79 Å². The van der Waals surface area contributed by atoms with Crippen molar-refractivity contribution in [3.63, 3.8) is 0 Å². The molecule has 0 saturated carbocycles. The van der Waals surface area contributed by atoms with Gasteiger partial charge in [0, 0.05) is 5.02 Å². The van der Waals surface area contributed by atoms with Gasteiger partial charge in [0.05, 0.1) is 28.7 Å². The van der Waals surface area contributed by atoms with Gasteiger partial charge in [-0.1, -0.05) is 36.7 Å². The van der Waals surface area contributed by atoms with Crippen LogP contribution in [0.2, 0.25) is 5.02 Å². The summed E-state index contributed by atoms with van der Waals surface area (Å²) in [6, 6.07) is 15.2. The molecule has 1 N–H and O–H groups in total. The largest absolute Gasteiger partial charge is 0.490 e. The van der Waals surface area contributed by atoms with Gasteiger partial charge in [-0.2, -0.15) is 0 Å². The topological polar surface area (TPSA) is 94.2 Å². The maximum Gasteiger partial charge on any atom is 0.331 e. The number of imide groups is 2. The van der Waals surface area contributed by atoms with Crippen molar-refractivity contribution in [3.8, 4) is 17.2 Å². The number of nitrogens with one attached hydrogen (secondary N) is 1. The normalized spacial score (nSPS) is 14.3. The third-order valence-corrected chi connectivity index (χ3v) is 7.35. The van der Waals surface area contributed by atoms with Gasteiger partial charge >= 0.3 is 6.03 Å². The van der Waals surface area contributed by atoms with E-state index in [0.717, 1.165) is 16.9 Å². The molecule has 0 spiro atoms. The van der Waals surface area contributed by atoms with E-state index in [1.54, 1.807) is 42.5 Å². The highest BCUT2D eigenvalue weighted by atomic mass is 79.9. The summed E-state index contributed by atoms with van der Waals surface area (Å²) in [5.41, 5.74) is 1.95. The molecule has 1 heterocycles. The molecule has 0 unspecified atom stereocenters. The van der Waals surface area contributed by atoms with Crippen LogP contribution < -0.4 is 19.5 Å². The summed E-state index contributed by atoms with van der Waals surface area (Å²) in [6.45, 7) is 5.06. The van der Waals surface area contributed by atoms with Gasteiger partial charge in [0.25, 0.3) is 11.8 Å². The Morgan fingerprint density at radius 3 is 2.22 bits per heavy atom. The molecule has 1 fully saturated rings. The van der Waals surface area contributed by atoms with Crippen LogP contribution in [0.3, 0.4) is 0 Å². The summed E-state index contributed by atoms with van der Waals surface area (Å²) in [6.07, 6.45) is 2.27. The Hall–Kier alpha value is -3.34. The van der Waals surface area contributed by atoms with E-state index in [1.807, 2.05) is 26.0 Å². The molecule has 4 rings (SSSR count). The number of halogens is 3. The SMILES string of the molecule is CCCOc1ccc(CN2C(=O)NC(=O)/C(=C\c3cc(Br)c(OCc4ccc(Cl)cc4)c(Br)c3)C2=O)cc1OCC. The van der Waals surface area contributed by atoms with Crippen molar-refractivity contribution in [1.82, 2.24) is 10.2 Å². The number of amides is 4. The molecule has 1 aliphatic heterocycles. The minimum Gasteiger partial charge on any atom is -0.490 e. The average molecular weight is 707 g/mol.